The van der Waals surface area contributed by atoms with Crippen LogP contribution in [0.3, 0.4) is 0 Å². The third-order valence-corrected chi connectivity index (χ3v) is 5.19. The first-order valence-corrected chi connectivity index (χ1v) is 13.5. The number of aliphatic hydroxyl groups is 1. The Morgan fingerprint density at radius 2 is 1.07 bits per heavy atom. The highest BCUT2D eigenvalue weighted by Crippen LogP contribution is 2.24. The molecule has 1 N–H and O–H groups in total. The van der Waals surface area contributed by atoms with E-state index in [9.17, 15) is 24.3 Å². The fourth-order valence-electron chi connectivity index (χ4n) is 2.60. The summed E-state index contributed by atoms with van der Waals surface area (Å²) in [7, 11) is 1.61. The van der Waals surface area contributed by atoms with E-state index in [0.717, 1.165) is 18.6 Å². The summed E-state index contributed by atoms with van der Waals surface area (Å²) in [4.78, 5) is 43.9. The summed E-state index contributed by atoms with van der Waals surface area (Å²) in [5.74, 6) is -2.16. The van der Waals surface area contributed by atoms with Gasteiger partial charge >= 0.3 is 23.9 Å². The lowest BCUT2D eigenvalue weighted by Gasteiger charge is -2.32. The molecule has 0 fully saturated rings. The zero-order valence-corrected chi connectivity index (χ0v) is 25.9. The van der Waals surface area contributed by atoms with E-state index in [4.69, 9.17) is 28.4 Å². The Morgan fingerprint density at radius 3 is 1.37 bits per heavy atom. The second-order valence-electron chi connectivity index (χ2n) is 9.16. The Balaban J connectivity index is 0. The second kappa shape index (κ2) is 26.3. The van der Waals surface area contributed by atoms with Gasteiger partial charge in [-0.15, -0.1) is 0 Å². The van der Waals surface area contributed by atoms with E-state index >= 15 is 0 Å². The van der Waals surface area contributed by atoms with Crippen molar-refractivity contribution >= 4 is 23.9 Å². The number of carbonyl (C=O) groups excluding carboxylic acids is 4. The van der Waals surface area contributed by atoms with Crippen LogP contribution in [0.4, 0.5) is 0 Å². The minimum absolute atomic E-state index is 0.146. The van der Waals surface area contributed by atoms with Gasteiger partial charge in [-0.3, -0.25) is 0 Å². The Labute approximate surface area is 254 Å². The van der Waals surface area contributed by atoms with Gasteiger partial charge in [0.05, 0.1) is 46.2 Å². The summed E-state index contributed by atoms with van der Waals surface area (Å²) in [6, 6.07) is 0. The van der Waals surface area contributed by atoms with Crippen molar-refractivity contribution in [3.63, 3.8) is 0 Å². The molecule has 0 saturated carbocycles. The van der Waals surface area contributed by atoms with Gasteiger partial charge in [0.15, 0.2) is 0 Å². The predicted molar refractivity (Wildman–Crippen MR) is 157 cm³/mol. The number of aliphatic hydroxyl groups excluding tert-OH is 1. The van der Waals surface area contributed by atoms with Crippen molar-refractivity contribution < 1.29 is 62.2 Å². The molecule has 13 nitrogen and oxygen atoms in total. The van der Waals surface area contributed by atoms with Gasteiger partial charge in [-0.1, -0.05) is 33.2 Å². The molecule has 43 heavy (non-hydrogen) atoms. The van der Waals surface area contributed by atoms with E-state index < -0.39 is 30.0 Å². The van der Waals surface area contributed by atoms with Gasteiger partial charge in [0.2, 0.25) is 0 Å². The fourth-order valence-corrected chi connectivity index (χ4v) is 2.60. The van der Waals surface area contributed by atoms with E-state index in [0.29, 0.717) is 33.0 Å². The summed E-state index contributed by atoms with van der Waals surface area (Å²) in [5, 5.41) is 9.30. The number of methoxy groups -OCH3 is 1. The molecule has 0 aliphatic rings. The first-order valence-electron chi connectivity index (χ1n) is 13.5. The van der Waals surface area contributed by atoms with Crippen molar-refractivity contribution in [3.05, 3.63) is 49.6 Å². The van der Waals surface area contributed by atoms with Crippen LogP contribution in [-0.2, 0) is 57.1 Å². The minimum Gasteiger partial charge on any atom is -0.460 e. The topological polar surface area (TPSA) is 162 Å². The number of ether oxygens (including phenoxy) is 8. The maximum absolute atomic E-state index is 11.0. The molecular formula is C30H48O13. The highest BCUT2D eigenvalue weighted by Gasteiger charge is 2.30. The van der Waals surface area contributed by atoms with E-state index in [-0.39, 0.29) is 56.2 Å². The molecule has 0 spiro atoms. The maximum atomic E-state index is 11.0. The van der Waals surface area contributed by atoms with Crippen LogP contribution in [0.25, 0.3) is 0 Å². The SMILES string of the molecule is C=C(C)C(=O)OCC(O)COC(=O)C(=C)C.C=CC(=O)OCCOCC(CC)(COCCOC)COCCOC(=O)C=C. The number of hydrogen-bond donors (Lipinski definition) is 1. The first kappa shape index (κ1) is 41.8. The molecule has 0 atom stereocenters. The average molecular weight is 617 g/mol. The van der Waals surface area contributed by atoms with Gasteiger partial charge in [0.1, 0.15) is 32.5 Å². The molecule has 0 heterocycles. The zero-order valence-electron chi connectivity index (χ0n) is 25.9. The van der Waals surface area contributed by atoms with Crippen molar-refractivity contribution in [1.29, 1.82) is 0 Å². The van der Waals surface area contributed by atoms with E-state index in [1.807, 2.05) is 6.92 Å². The first-order chi connectivity index (χ1) is 20.4. The summed E-state index contributed by atoms with van der Waals surface area (Å²) >= 11 is 0. The molecule has 246 valence electrons. The molecule has 0 unspecified atom stereocenters. The highest BCUT2D eigenvalue weighted by atomic mass is 16.6. The lowest BCUT2D eigenvalue weighted by Crippen LogP contribution is -2.38. The number of hydrogen-bond acceptors (Lipinski definition) is 13. The van der Waals surface area contributed by atoms with Crippen LogP contribution >= 0.6 is 0 Å². The molecular weight excluding hydrogens is 568 g/mol. The molecule has 0 bridgehead atoms. The van der Waals surface area contributed by atoms with Gasteiger partial charge in [0, 0.05) is 35.8 Å². The van der Waals surface area contributed by atoms with Crippen LogP contribution in [-0.4, -0.2) is 115 Å². The molecule has 0 aliphatic heterocycles. The molecule has 0 saturated heterocycles. The number of carbonyl (C=O) groups is 4. The monoisotopic (exact) mass is 616 g/mol. The lowest BCUT2D eigenvalue weighted by molar-refractivity contribution is -0.147. The van der Waals surface area contributed by atoms with Crippen LogP contribution in [0.2, 0.25) is 0 Å². The second-order valence-corrected chi connectivity index (χ2v) is 9.16. The predicted octanol–water partition coefficient (Wildman–Crippen LogP) is 2.12. The molecule has 13 heteroatoms. The van der Waals surface area contributed by atoms with Gasteiger partial charge in [0.25, 0.3) is 0 Å². The molecule has 0 radical (unpaired) electrons. The quantitative estimate of drug-likeness (QED) is 0.0727. The van der Waals surface area contributed by atoms with Crippen molar-refractivity contribution in [2.45, 2.75) is 33.3 Å². The van der Waals surface area contributed by atoms with Crippen molar-refractivity contribution in [2.24, 2.45) is 5.41 Å². The largest absolute Gasteiger partial charge is 0.460 e. The van der Waals surface area contributed by atoms with Crippen LogP contribution in [0.15, 0.2) is 49.6 Å². The molecule has 0 aromatic rings. The smallest absolute Gasteiger partial charge is 0.333 e. The van der Waals surface area contributed by atoms with Crippen molar-refractivity contribution in [3.8, 4) is 0 Å². The van der Waals surface area contributed by atoms with Crippen LogP contribution < -0.4 is 0 Å². The lowest BCUT2D eigenvalue weighted by atomic mass is 9.88. The zero-order chi connectivity index (χ0) is 33.1. The summed E-state index contributed by atoms with van der Waals surface area (Å²) in [6.07, 6.45) is 1.91. The van der Waals surface area contributed by atoms with Crippen molar-refractivity contribution in [2.75, 3.05) is 79.8 Å². The normalized spacial score (nSPS) is 10.6. The van der Waals surface area contributed by atoms with E-state index in [2.05, 4.69) is 35.8 Å². The summed E-state index contributed by atoms with van der Waals surface area (Å²) in [5.41, 5.74) is 0.107. The standard InChI is InChI=1S/C19H32O8.C11H16O5/c1-5-17(20)26-12-10-24-15-19(7-3,14-23-9-8-22-4)16-25-11-13-27-18(21)6-2;1-7(2)10(13)15-5-9(12)6-16-11(14)8(3)4/h5-6H,1-2,7-16H2,3-4H3;9,12H,1,3,5-6H2,2,4H3. The fraction of sp³-hybridized carbons (Fsp3) is 0.600. The Bertz CT molecular complexity index is 821. The number of esters is 4. The van der Waals surface area contributed by atoms with Crippen LogP contribution in [0, 0.1) is 5.41 Å². The van der Waals surface area contributed by atoms with Gasteiger partial charge in [-0.05, 0) is 20.3 Å². The molecule has 0 aliphatic carbocycles. The molecule has 0 aromatic heterocycles. The van der Waals surface area contributed by atoms with Gasteiger partial charge < -0.3 is 43.0 Å². The Hall–Kier alpha value is -3.36. The number of rotatable bonds is 24. The maximum Gasteiger partial charge on any atom is 0.333 e. The third-order valence-electron chi connectivity index (χ3n) is 5.19. The summed E-state index contributed by atoms with van der Waals surface area (Å²) < 4.78 is 41.0. The van der Waals surface area contributed by atoms with Crippen LogP contribution in [0.5, 0.6) is 0 Å². The van der Waals surface area contributed by atoms with Crippen LogP contribution in [0.1, 0.15) is 27.2 Å². The minimum atomic E-state index is -1.05. The van der Waals surface area contributed by atoms with Crippen molar-refractivity contribution in [1.82, 2.24) is 0 Å². The molecule has 0 amide bonds. The molecule has 0 rings (SSSR count). The Morgan fingerprint density at radius 1 is 0.698 bits per heavy atom. The van der Waals surface area contributed by atoms with Gasteiger partial charge in [-0.25, -0.2) is 19.2 Å². The Kier molecular flexibility index (Phi) is 25.5. The van der Waals surface area contributed by atoms with E-state index in [1.54, 1.807) is 7.11 Å². The average Bonchev–Trinajstić information content (AvgIpc) is 2.99. The summed E-state index contributed by atoms with van der Waals surface area (Å²) in [6.45, 7) is 20.9. The highest BCUT2D eigenvalue weighted by molar-refractivity contribution is 5.87. The third kappa shape index (κ3) is 23.8. The van der Waals surface area contributed by atoms with E-state index in [1.165, 1.54) is 13.8 Å². The molecule has 0 aromatic carbocycles. The van der Waals surface area contributed by atoms with Gasteiger partial charge in [-0.2, -0.15) is 0 Å².